The van der Waals surface area contributed by atoms with E-state index in [9.17, 15) is 111 Å². The number of hydrogen-bond donors (Lipinski definition) is 0. The molecular weight excluding hydrogens is 1350 g/mol. The molecule has 0 unspecified atom stereocenters. The maximum atomic E-state index is 14.4. The summed E-state index contributed by atoms with van der Waals surface area (Å²) in [6, 6.07) is 23.8. The van der Waals surface area contributed by atoms with E-state index in [1.54, 1.807) is 13.8 Å². The number of pyridine rings is 1. The lowest BCUT2D eigenvalue weighted by Gasteiger charge is -2.21. The number of rotatable bonds is 7. The lowest BCUT2D eigenvalue weighted by Crippen LogP contribution is -2.11. The van der Waals surface area contributed by atoms with Crippen LogP contribution in [0.1, 0.15) is 61.5 Å². The van der Waals surface area contributed by atoms with Crippen LogP contribution < -0.4 is 0 Å². The fourth-order valence-electron chi connectivity index (χ4n) is 12.1. The molecule has 0 aliphatic heterocycles. The average molecular weight is 1390 g/mol. The average Bonchev–Trinajstić information content (AvgIpc) is 1.55. The van der Waals surface area contributed by atoms with E-state index in [0.29, 0.717) is 48.5 Å². The van der Waals surface area contributed by atoms with E-state index in [1.165, 1.54) is 57.7 Å². The Morgan fingerprint density at radius 2 is 0.480 bits per heavy atom. The van der Waals surface area contributed by atoms with Gasteiger partial charge in [0, 0.05) is 38.5 Å². The van der Waals surface area contributed by atoms with E-state index in [1.807, 2.05) is 6.07 Å². The molecule has 0 radical (unpaired) electrons. The number of nitriles is 1. The Labute approximate surface area is 534 Å². The lowest BCUT2D eigenvalue weighted by molar-refractivity contribution is -0.144. The van der Waals surface area contributed by atoms with Crippen LogP contribution in [-0.4, -0.2) is 14.1 Å². The molecule has 98 heavy (non-hydrogen) atoms. The zero-order valence-electron chi connectivity index (χ0n) is 49.0. The maximum Gasteiger partial charge on any atom is 0.416 e. The molecule has 9 aromatic carbocycles. The van der Waals surface area contributed by atoms with Crippen molar-refractivity contribution in [3.63, 3.8) is 0 Å². The number of nitrogens with zero attached hydrogens (tertiary/aromatic N) is 4. The van der Waals surface area contributed by atoms with Gasteiger partial charge in [-0.2, -0.15) is 111 Å². The number of aryl methyl sites for hydroxylation is 2. The van der Waals surface area contributed by atoms with Crippen molar-refractivity contribution in [1.82, 2.24) is 14.1 Å². The summed E-state index contributed by atoms with van der Waals surface area (Å²) in [6.45, 7) is 3.08. The first kappa shape index (κ1) is 67.5. The molecule has 0 fully saturated rings. The van der Waals surface area contributed by atoms with Gasteiger partial charge in [0.25, 0.3) is 0 Å². The highest BCUT2D eigenvalue weighted by atomic mass is 19.4. The SMILES string of the molecule is Cc1cc(-c2c(-n3c4ccc(-c5cc(C(F)(F)F)cc(C(F)(F)F)c5)cc4c4cc(-c5cc(C(F)(F)F)cc(C(F)(F)F)c5)ccc43)cc(C#N)cc2-n2c3ccc(-c4cc(C(F)(F)F)cc(C(F)(F)F)c4)cc3c3cc(-c4cc(C(F)(F)F)cc(C(F)(F)F)c4)ccc32)cc(C)n1. The first-order valence-corrected chi connectivity index (χ1v) is 28.2. The highest BCUT2D eigenvalue weighted by molar-refractivity contribution is 6.14. The van der Waals surface area contributed by atoms with Gasteiger partial charge in [-0.1, -0.05) is 24.3 Å². The van der Waals surface area contributed by atoms with Crippen LogP contribution in [0.25, 0.3) is 111 Å². The van der Waals surface area contributed by atoms with Crippen LogP contribution in [0.2, 0.25) is 0 Å². The van der Waals surface area contributed by atoms with Crippen LogP contribution in [0.15, 0.2) is 170 Å². The number of hydrogen-bond acceptors (Lipinski definition) is 2. The quantitative estimate of drug-likeness (QED) is 0.149. The van der Waals surface area contributed by atoms with Gasteiger partial charge in [-0.15, -0.1) is 0 Å². The van der Waals surface area contributed by atoms with Gasteiger partial charge in [0.15, 0.2) is 0 Å². The zero-order chi connectivity index (χ0) is 71.3. The number of halogens is 24. The van der Waals surface area contributed by atoms with Crippen LogP contribution in [0.4, 0.5) is 105 Å². The van der Waals surface area contributed by atoms with Crippen molar-refractivity contribution in [1.29, 1.82) is 5.26 Å². The van der Waals surface area contributed by atoms with Gasteiger partial charge < -0.3 is 9.13 Å². The van der Waals surface area contributed by atoms with Gasteiger partial charge in [-0.05, 0) is 210 Å². The van der Waals surface area contributed by atoms with Gasteiger partial charge in [0.1, 0.15) is 0 Å². The van der Waals surface area contributed by atoms with E-state index in [2.05, 4.69) is 4.98 Å². The second kappa shape index (κ2) is 22.8. The zero-order valence-corrected chi connectivity index (χ0v) is 49.0. The Balaban J connectivity index is 1.22. The van der Waals surface area contributed by atoms with Gasteiger partial charge in [-0.3, -0.25) is 4.98 Å². The number of benzene rings is 9. The molecule has 12 rings (SSSR count). The van der Waals surface area contributed by atoms with E-state index in [-0.39, 0.29) is 130 Å². The molecular formula is C70H34F24N4. The van der Waals surface area contributed by atoms with Crippen LogP contribution in [0.3, 0.4) is 0 Å². The number of fused-ring (bicyclic) bond motifs is 6. The smallest absolute Gasteiger partial charge is 0.308 e. The third kappa shape index (κ3) is 12.7. The monoisotopic (exact) mass is 1390 g/mol. The Morgan fingerprint density at radius 1 is 0.265 bits per heavy atom. The lowest BCUT2D eigenvalue weighted by atomic mass is 9.96. The second-order valence-electron chi connectivity index (χ2n) is 22.9. The topological polar surface area (TPSA) is 46.5 Å². The van der Waals surface area contributed by atoms with E-state index in [0.717, 1.165) is 48.5 Å². The highest BCUT2D eigenvalue weighted by Gasteiger charge is 2.42. The predicted octanol–water partition coefficient (Wildman–Crippen LogP) is 24.2. The molecule has 0 atom stereocenters. The van der Waals surface area contributed by atoms with Crippen molar-refractivity contribution in [3.8, 4) is 73.1 Å². The molecule has 0 amide bonds. The Hall–Kier alpha value is -10.5. The van der Waals surface area contributed by atoms with Crippen molar-refractivity contribution < 1.29 is 105 Å². The second-order valence-corrected chi connectivity index (χ2v) is 22.9. The summed E-state index contributed by atoms with van der Waals surface area (Å²) in [6.07, 6.45) is -43.0. The summed E-state index contributed by atoms with van der Waals surface area (Å²) in [5.74, 6) is 0. The predicted molar refractivity (Wildman–Crippen MR) is 314 cm³/mol. The molecule has 0 saturated carbocycles. The molecule has 4 nitrogen and oxygen atoms in total. The van der Waals surface area contributed by atoms with Crippen molar-refractivity contribution in [2.24, 2.45) is 0 Å². The number of aromatic nitrogens is 3. The molecule has 12 aromatic rings. The van der Waals surface area contributed by atoms with Crippen molar-refractivity contribution in [2.75, 3.05) is 0 Å². The van der Waals surface area contributed by atoms with E-state index < -0.39 is 116 Å². The standard InChI is InChI=1S/C70H34F24N4/c1-32-11-43(12-33(2)96-32)62-60(97-56-7-3-35(39-15-44(63(71,72)73)27-45(16-39)64(74,75)76)23-52(56)53-24-36(4-8-57(53)97)40-17-46(65(77,78)79)28-47(18-40)66(80,81)82)13-34(31-95)14-61(62)98-58-9-5-37(41-19-48(67(83,84)85)29-49(20-41)68(86,87)88)25-54(58)55-26-38(6-10-59(55)98)42-21-50(69(89,90)91)30-51(22-42)70(92,93)94/h3-30H,1-2H3. The van der Waals surface area contributed by atoms with Crippen LogP contribution in [0, 0.1) is 25.2 Å². The molecule has 0 N–H and O–H groups in total. The first-order chi connectivity index (χ1) is 45.3. The van der Waals surface area contributed by atoms with Crippen LogP contribution >= 0.6 is 0 Å². The highest BCUT2D eigenvalue weighted by Crippen LogP contribution is 2.50. The summed E-state index contributed by atoms with van der Waals surface area (Å²) < 4.78 is 348. The summed E-state index contributed by atoms with van der Waals surface area (Å²) in [5, 5.41) is 10.5. The molecule has 0 aliphatic rings. The Morgan fingerprint density at radius 3 is 0.673 bits per heavy atom. The van der Waals surface area contributed by atoms with Gasteiger partial charge >= 0.3 is 49.4 Å². The van der Waals surface area contributed by atoms with Gasteiger partial charge in [-0.25, -0.2) is 0 Å². The third-order valence-corrected chi connectivity index (χ3v) is 16.3. The first-order valence-electron chi connectivity index (χ1n) is 28.2. The van der Waals surface area contributed by atoms with Gasteiger partial charge in [0.2, 0.25) is 0 Å². The minimum atomic E-state index is -5.37. The summed E-state index contributed by atoms with van der Waals surface area (Å²) in [5.41, 5.74) is -18.1. The van der Waals surface area contributed by atoms with Crippen molar-refractivity contribution >= 4 is 43.6 Å². The fourth-order valence-corrected chi connectivity index (χ4v) is 12.1. The molecule has 3 heterocycles. The van der Waals surface area contributed by atoms with E-state index >= 15 is 0 Å². The molecule has 0 bridgehead atoms. The Bertz CT molecular complexity index is 4600. The molecule has 28 heteroatoms. The largest absolute Gasteiger partial charge is 0.416 e. The molecule has 0 spiro atoms. The van der Waals surface area contributed by atoms with Crippen LogP contribution in [-0.2, 0) is 49.4 Å². The summed E-state index contributed by atoms with van der Waals surface area (Å²) in [4.78, 5) is 4.47. The van der Waals surface area contributed by atoms with Gasteiger partial charge in [0.05, 0.1) is 89.6 Å². The van der Waals surface area contributed by atoms with Crippen LogP contribution in [0.5, 0.6) is 0 Å². The minimum Gasteiger partial charge on any atom is -0.308 e. The normalized spacial score (nSPS) is 13.2. The van der Waals surface area contributed by atoms with E-state index in [4.69, 9.17) is 0 Å². The maximum absolute atomic E-state index is 14.4. The fraction of sp³-hybridized carbons (Fsp3) is 0.143. The van der Waals surface area contributed by atoms with Crippen molar-refractivity contribution in [2.45, 2.75) is 63.3 Å². The Kier molecular flexibility index (Phi) is 15.7. The minimum absolute atomic E-state index is 0.0114. The molecule has 3 aromatic heterocycles. The molecule has 0 aliphatic carbocycles. The summed E-state index contributed by atoms with van der Waals surface area (Å²) in [7, 11) is 0. The number of alkyl halides is 24. The summed E-state index contributed by atoms with van der Waals surface area (Å²) >= 11 is 0. The third-order valence-electron chi connectivity index (χ3n) is 16.3. The molecule has 502 valence electrons. The molecule has 0 saturated heterocycles. The van der Waals surface area contributed by atoms with Crippen molar-refractivity contribution in [3.05, 3.63) is 231 Å².